The summed E-state index contributed by atoms with van der Waals surface area (Å²) in [4.78, 5) is 73.3. The molecule has 0 spiro atoms. The van der Waals surface area contributed by atoms with Gasteiger partial charge in [-0.3, -0.25) is 24.0 Å². The Bertz CT molecular complexity index is 3020. The number of rotatable bonds is 24. The highest BCUT2D eigenvalue weighted by Gasteiger charge is 2.45. The summed E-state index contributed by atoms with van der Waals surface area (Å²) >= 11 is 1.56. The Morgan fingerprint density at radius 2 is 1.49 bits per heavy atom. The lowest BCUT2D eigenvalue weighted by Gasteiger charge is -2.35. The summed E-state index contributed by atoms with van der Waals surface area (Å²) in [6.45, 7) is 10.4. The van der Waals surface area contributed by atoms with Crippen LogP contribution in [0.25, 0.3) is 21.2 Å². The van der Waals surface area contributed by atoms with Crippen LogP contribution in [0.1, 0.15) is 78.5 Å². The normalized spacial score (nSPS) is 15.4. The second-order valence-electron chi connectivity index (χ2n) is 20.0. The van der Waals surface area contributed by atoms with Crippen LogP contribution in [-0.4, -0.2) is 115 Å². The molecule has 20 heteroatoms. The summed E-state index contributed by atoms with van der Waals surface area (Å²) in [5.41, 5.74) is 5.10. The number of amides is 5. The van der Waals surface area contributed by atoms with Crippen LogP contribution in [0.15, 0.2) is 115 Å². The number of carbonyl (C=O) groups excluding carboxylic acids is 5. The molecule has 0 aliphatic carbocycles. The Hall–Kier alpha value is -7.23. The first-order chi connectivity index (χ1) is 37.2. The van der Waals surface area contributed by atoms with Gasteiger partial charge in [-0.2, -0.15) is 13.2 Å². The molecule has 5 amide bonds. The van der Waals surface area contributed by atoms with Gasteiger partial charge < -0.3 is 50.2 Å². The number of hydrogen-bond donors (Lipinski definition) is 5. The molecule has 0 saturated carbocycles. The molecule has 7 rings (SSSR count). The molecule has 78 heavy (non-hydrogen) atoms. The first-order valence-corrected chi connectivity index (χ1v) is 26.4. The first-order valence-electron chi connectivity index (χ1n) is 25.6. The maximum Gasteiger partial charge on any atom is 0.416 e. The number of hydrogen-bond acceptors (Lipinski definition) is 12. The molecule has 2 heterocycles. The zero-order valence-corrected chi connectivity index (χ0v) is 44.9. The van der Waals surface area contributed by atoms with Gasteiger partial charge in [0.1, 0.15) is 30.2 Å². The summed E-state index contributed by atoms with van der Waals surface area (Å²) in [5, 5.41) is 23.5. The van der Waals surface area contributed by atoms with Crippen molar-refractivity contribution in [1.29, 1.82) is 0 Å². The van der Waals surface area contributed by atoms with Crippen molar-refractivity contribution in [3.63, 3.8) is 0 Å². The third-order valence-corrected chi connectivity index (χ3v) is 13.9. The van der Waals surface area contributed by atoms with Crippen LogP contribution in [-0.2, 0) is 52.5 Å². The average Bonchev–Trinajstić information content (AvgIpc) is 4.09. The number of aryl methyl sites for hydroxylation is 1. The van der Waals surface area contributed by atoms with Gasteiger partial charge in [-0.1, -0.05) is 81.4 Å². The number of nitrogens with one attached hydrogen (secondary N) is 4. The molecule has 1 fully saturated rings. The minimum Gasteiger partial charge on any atom is -0.457 e. The fourth-order valence-corrected chi connectivity index (χ4v) is 9.60. The second kappa shape index (κ2) is 26.9. The number of thiazole rings is 1. The summed E-state index contributed by atoms with van der Waals surface area (Å²) in [7, 11) is 0. The van der Waals surface area contributed by atoms with Crippen molar-refractivity contribution in [2.75, 3.05) is 52.7 Å². The van der Waals surface area contributed by atoms with Crippen molar-refractivity contribution in [2.24, 2.45) is 5.41 Å². The van der Waals surface area contributed by atoms with Gasteiger partial charge in [-0.25, -0.2) is 4.98 Å². The number of aromatic nitrogens is 1. The number of halogens is 3. The van der Waals surface area contributed by atoms with E-state index in [-0.39, 0.29) is 95.7 Å². The lowest BCUT2D eigenvalue weighted by Crippen LogP contribution is -2.58. The number of nitrogens with zero attached hydrogens (tertiary/aromatic N) is 2. The highest BCUT2D eigenvalue weighted by atomic mass is 32.1. The Morgan fingerprint density at radius 1 is 0.795 bits per heavy atom. The quantitative estimate of drug-likeness (QED) is 0.0366. The number of aliphatic hydroxyl groups excluding tert-OH is 1. The van der Waals surface area contributed by atoms with E-state index < -0.39 is 53.1 Å². The van der Waals surface area contributed by atoms with Crippen LogP contribution in [0.3, 0.4) is 0 Å². The molecule has 1 saturated heterocycles. The number of β-amino-alcohol motifs (C(OH)–C–C–N with tert-alkyl or cyclic N) is 1. The van der Waals surface area contributed by atoms with E-state index in [1.54, 1.807) is 68.0 Å². The molecule has 6 aromatic rings. The molecule has 0 bridgehead atoms. The molecular formula is C58H65F3N6O10S. The van der Waals surface area contributed by atoms with E-state index in [9.17, 15) is 42.3 Å². The van der Waals surface area contributed by atoms with Gasteiger partial charge in [-0.05, 0) is 95.4 Å². The highest BCUT2D eigenvalue weighted by molar-refractivity contribution is 7.13. The number of ether oxygens (including phenoxy) is 4. The average molecular weight is 1100 g/mol. The van der Waals surface area contributed by atoms with Crippen LogP contribution in [0.4, 0.5) is 13.2 Å². The zero-order valence-electron chi connectivity index (χ0n) is 44.1. The molecule has 1 aliphatic heterocycles. The Kier molecular flexibility index (Phi) is 20.2. The predicted molar refractivity (Wildman–Crippen MR) is 289 cm³/mol. The van der Waals surface area contributed by atoms with Crippen LogP contribution >= 0.6 is 11.3 Å². The van der Waals surface area contributed by atoms with Crippen molar-refractivity contribution in [3.05, 3.63) is 148 Å². The van der Waals surface area contributed by atoms with Gasteiger partial charge in [0, 0.05) is 37.0 Å². The monoisotopic (exact) mass is 1090 g/mol. The van der Waals surface area contributed by atoms with Crippen molar-refractivity contribution in [3.8, 4) is 21.9 Å². The van der Waals surface area contributed by atoms with Gasteiger partial charge in [0.2, 0.25) is 23.6 Å². The maximum atomic E-state index is 14.0. The van der Waals surface area contributed by atoms with Gasteiger partial charge >= 0.3 is 6.18 Å². The molecule has 414 valence electrons. The van der Waals surface area contributed by atoms with E-state index in [1.165, 1.54) is 17.0 Å². The lowest BCUT2D eigenvalue weighted by atomic mass is 9.85. The molecule has 2 unspecified atom stereocenters. The van der Waals surface area contributed by atoms with Crippen molar-refractivity contribution < 1.29 is 61.2 Å². The number of aliphatic hydroxyl groups is 1. The summed E-state index contributed by atoms with van der Waals surface area (Å²) in [6.07, 6.45) is -5.18. The van der Waals surface area contributed by atoms with Gasteiger partial charge in [0.05, 0.1) is 73.2 Å². The van der Waals surface area contributed by atoms with Crippen LogP contribution in [0.2, 0.25) is 0 Å². The molecule has 1 aliphatic rings. The number of likely N-dealkylation sites (tertiary alicyclic amines) is 1. The first kappa shape index (κ1) is 58.5. The number of carbonyl (C=O) groups is 5. The van der Waals surface area contributed by atoms with E-state index in [4.69, 9.17) is 18.9 Å². The third kappa shape index (κ3) is 16.4. The second-order valence-corrected chi connectivity index (χ2v) is 20.9. The number of benzene rings is 5. The van der Waals surface area contributed by atoms with E-state index in [1.807, 2.05) is 68.4 Å². The SMILES string of the molecule is Cc1ncsc1-c1ccc([C@H](C)NC(=O)C2CC(O)CN2C(=O)[C@@H](NC(=O)COCCOCCOCCNC(=O)Cc2cccc(CNC(=O)c3ccc4c(Oc5ccc(C(F)(F)F)cc5)cccc4c3)c2)C(C)(C)C)cc1. The van der Waals surface area contributed by atoms with Gasteiger partial charge in [0.15, 0.2) is 0 Å². The third-order valence-electron chi connectivity index (χ3n) is 12.9. The Labute approximate surface area is 455 Å². The Balaban J connectivity index is 0.746. The smallest absolute Gasteiger partial charge is 0.416 e. The Morgan fingerprint density at radius 3 is 2.18 bits per heavy atom. The van der Waals surface area contributed by atoms with Crippen LogP contribution < -0.4 is 26.0 Å². The summed E-state index contributed by atoms with van der Waals surface area (Å²) < 4.78 is 61.5. The fraction of sp³-hybridized carbons (Fsp3) is 0.379. The number of fused-ring (bicyclic) bond motifs is 1. The summed E-state index contributed by atoms with van der Waals surface area (Å²) in [6, 6.07) is 27.6. The zero-order chi connectivity index (χ0) is 56.0. The standard InChI is InChI=1S/C58H65F3N6O10S/c1-36(40-12-14-41(15-13-40)52-37(2)64-35-78-52)65-55(72)48-31-45(68)33-67(48)56(73)53(57(3,4)5)66-51(70)34-76-27-26-75-25-24-74-23-22-62-50(69)29-38-8-6-9-39(28-38)32-63-54(71)43-16-21-47-42(30-43)10-7-11-49(47)77-46-19-17-44(18-20-46)58(59,60)61/h6-21,28,30,35-36,45,48,53,68H,22-27,29,31-34H2,1-5H3,(H,62,69)(H,63,71)(H,65,72)(H,66,70)/t36-,45?,48?,53+/m0/s1. The van der Waals surface area contributed by atoms with Crippen molar-refractivity contribution in [2.45, 2.75) is 84.4 Å². The predicted octanol–water partition coefficient (Wildman–Crippen LogP) is 8.09. The van der Waals surface area contributed by atoms with Crippen LogP contribution in [0, 0.1) is 12.3 Å². The molecule has 5 aromatic carbocycles. The maximum absolute atomic E-state index is 14.0. The number of alkyl halides is 3. The minimum atomic E-state index is -4.45. The minimum absolute atomic E-state index is 0.0490. The van der Waals surface area contributed by atoms with E-state index in [0.29, 0.717) is 22.1 Å². The van der Waals surface area contributed by atoms with E-state index in [2.05, 4.69) is 26.3 Å². The van der Waals surface area contributed by atoms with E-state index >= 15 is 0 Å². The molecule has 16 nitrogen and oxygen atoms in total. The van der Waals surface area contributed by atoms with Crippen molar-refractivity contribution >= 4 is 51.6 Å². The molecule has 0 radical (unpaired) electrons. The molecule has 4 atom stereocenters. The van der Waals surface area contributed by atoms with Gasteiger partial charge in [0.25, 0.3) is 5.91 Å². The molecule has 5 N–H and O–H groups in total. The lowest BCUT2D eigenvalue weighted by molar-refractivity contribution is -0.144. The van der Waals surface area contributed by atoms with Crippen LogP contribution in [0.5, 0.6) is 11.5 Å². The summed E-state index contributed by atoms with van der Waals surface area (Å²) in [5.74, 6) is -1.25. The molecular weight excluding hydrogens is 1030 g/mol. The molecule has 1 aromatic heterocycles. The largest absolute Gasteiger partial charge is 0.457 e. The van der Waals surface area contributed by atoms with Gasteiger partial charge in [-0.15, -0.1) is 11.3 Å². The highest BCUT2D eigenvalue weighted by Crippen LogP contribution is 2.35. The fourth-order valence-electron chi connectivity index (χ4n) is 8.79. The van der Waals surface area contributed by atoms with E-state index in [0.717, 1.165) is 45.0 Å². The topological polar surface area (TPSA) is 207 Å². The van der Waals surface area contributed by atoms with Crippen molar-refractivity contribution in [1.82, 2.24) is 31.2 Å².